The van der Waals surface area contributed by atoms with Crippen LogP contribution in [0.15, 0.2) is 62.3 Å². The van der Waals surface area contributed by atoms with Crippen LogP contribution >= 0.6 is 39.5 Å². The Kier molecular flexibility index (Phi) is 4.66. The molecule has 1 nitrogen and oxygen atoms in total. The van der Waals surface area contributed by atoms with Gasteiger partial charge in [-0.05, 0) is 42.0 Å². The van der Waals surface area contributed by atoms with Gasteiger partial charge in [-0.1, -0.05) is 39.7 Å². The summed E-state index contributed by atoms with van der Waals surface area (Å²) in [5, 5.41) is 0.725. The largest absolute Gasteiger partial charge is 0.219 e. The maximum absolute atomic E-state index is 5.88. The third-order valence-electron chi connectivity index (χ3n) is 2.02. The van der Waals surface area contributed by atoms with Crippen molar-refractivity contribution in [3.63, 3.8) is 0 Å². The highest BCUT2D eigenvalue weighted by atomic mass is 79.9. The molecule has 17 heavy (non-hydrogen) atoms. The first-order valence-electron chi connectivity index (χ1n) is 4.95. The van der Waals surface area contributed by atoms with Gasteiger partial charge in [0, 0.05) is 32.6 Å². The van der Waals surface area contributed by atoms with Gasteiger partial charge in [-0.15, -0.1) is 0 Å². The van der Waals surface area contributed by atoms with E-state index in [1.165, 1.54) is 11.9 Å². The van der Waals surface area contributed by atoms with Crippen LogP contribution in [0.5, 0.6) is 0 Å². The lowest BCUT2D eigenvalue weighted by Gasteiger charge is -1.96. The maximum Gasteiger partial charge on any atom is 0.0428 e. The molecular weight excluding hydrogens is 318 g/mol. The molecule has 0 N–H and O–H groups in total. The van der Waals surface area contributed by atoms with Gasteiger partial charge in [0.25, 0.3) is 0 Å². The van der Waals surface area contributed by atoms with E-state index in [-0.39, 0.29) is 0 Å². The fraction of sp³-hybridized carbons (Fsp3) is 0. The minimum Gasteiger partial charge on any atom is -0.219 e. The quantitative estimate of drug-likeness (QED) is 0.556. The Balaban J connectivity index is 2.00. The Morgan fingerprint density at radius 2 is 1.88 bits per heavy atom. The first-order chi connectivity index (χ1) is 8.24. The Hall–Kier alpha value is -0.770. The molecule has 2 aromatic carbocycles. The van der Waals surface area contributed by atoms with Crippen molar-refractivity contribution >= 4 is 45.7 Å². The fourth-order valence-corrected chi connectivity index (χ4v) is 2.25. The van der Waals surface area contributed by atoms with E-state index in [0.717, 1.165) is 20.0 Å². The van der Waals surface area contributed by atoms with Crippen LogP contribution in [0.2, 0.25) is 5.02 Å². The molecule has 2 rings (SSSR count). The van der Waals surface area contributed by atoms with Crippen molar-refractivity contribution < 1.29 is 0 Å². The van der Waals surface area contributed by atoms with Crippen molar-refractivity contribution in [3.8, 4) is 0 Å². The monoisotopic (exact) mass is 325 g/mol. The van der Waals surface area contributed by atoms with Crippen LogP contribution in [0.1, 0.15) is 5.56 Å². The summed E-state index contributed by atoms with van der Waals surface area (Å²) < 4.78 is 5.37. The molecule has 0 amide bonds. The lowest BCUT2D eigenvalue weighted by molar-refractivity contribution is 1.44. The van der Waals surface area contributed by atoms with E-state index in [9.17, 15) is 0 Å². The van der Waals surface area contributed by atoms with Crippen LogP contribution in [0, 0.1) is 0 Å². The number of nitrogens with zero attached hydrogens (tertiary/aromatic N) is 1. The van der Waals surface area contributed by atoms with E-state index in [1.54, 1.807) is 6.21 Å². The molecular formula is C13H9BrClNS. The molecule has 0 saturated heterocycles. The third kappa shape index (κ3) is 4.19. The highest BCUT2D eigenvalue weighted by Gasteiger charge is 1.92. The van der Waals surface area contributed by atoms with Crippen molar-refractivity contribution in [1.29, 1.82) is 0 Å². The van der Waals surface area contributed by atoms with Gasteiger partial charge in [-0.3, -0.25) is 0 Å². The predicted octanol–water partition coefficient (Wildman–Crippen LogP) is 5.23. The second kappa shape index (κ2) is 6.24. The maximum atomic E-state index is 5.88. The van der Waals surface area contributed by atoms with E-state index in [2.05, 4.69) is 20.3 Å². The first-order valence-corrected chi connectivity index (χ1v) is 6.90. The number of hydrogen-bond donors (Lipinski definition) is 0. The number of hydrogen-bond acceptors (Lipinski definition) is 2. The standard InChI is InChI=1S/C13H9BrClNS/c14-11-4-6-13(7-5-11)17-16-9-10-2-1-3-12(15)8-10/h1-9H. The number of rotatable bonds is 3. The van der Waals surface area contributed by atoms with E-state index in [0.29, 0.717) is 0 Å². The van der Waals surface area contributed by atoms with Gasteiger partial charge < -0.3 is 0 Å². The Morgan fingerprint density at radius 3 is 2.59 bits per heavy atom. The zero-order chi connectivity index (χ0) is 12.1. The molecule has 0 fully saturated rings. The zero-order valence-electron chi connectivity index (χ0n) is 8.81. The predicted molar refractivity (Wildman–Crippen MR) is 79.0 cm³/mol. The van der Waals surface area contributed by atoms with Gasteiger partial charge in [0.15, 0.2) is 0 Å². The molecule has 0 spiro atoms. The molecule has 0 saturated carbocycles. The van der Waals surface area contributed by atoms with E-state index in [4.69, 9.17) is 11.6 Å². The fourth-order valence-electron chi connectivity index (χ4n) is 1.23. The first kappa shape index (κ1) is 12.7. The topological polar surface area (TPSA) is 12.4 Å². The SMILES string of the molecule is Clc1cccc(C=NSc2ccc(Br)cc2)c1. The van der Waals surface area contributed by atoms with Crippen molar-refractivity contribution in [2.45, 2.75) is 4.90 Å². The smallest absolute Gasteiger partial charge is 0.0428 e. The van der Waals surface area contributed by atoms with Gasteiger partial charge in [-0.2, -0.15) is 0 Å². The molecule has 0 unspecified atom stereocenters. The minimum atomic E-state index is 0.725. The molecule has 0 bridgehead atoms. The minimum absolute atomic E-state index is 0.725. The summed E-state index contributed by atoms with van der Waals surface area (Å²) in [4.78, 5) is 1.10. The highest BCUT2D eigenvalue weighted by molar-refractivity contribution is 9.10. The van der Waals surface area contributed by atoms with Crippen molar-refractivity contribution in [2.75, 3.05) is 0 Å². The lowest BCUT2D eigenvalue weighted by Crippen LogP contribution is -1.78. The van der Waals surface area contributed by atoms with Gasteiger partial charge in [0.2, 0.25) is 0 Å². The second-order valence-electron chi connectivity index (χ2n) is 3.33. The van der Waals surface area contributed by atoms with E-state index < -0.39 is 0 Å². The Bertz CT molecular complexity index is 525. The molecule has 0 aliphatic rings. The van der Waals surface area contributed by atoms with Crippen LogP contribution in [-0.4, -0.2) is 6.21 Å². The molecule has 0 aliphatic carbocycles. The third-order valence-corrected chi connectivity index (χ3v) is 3.48. The van der Waals surface area contributed by atoms with Crippen molar-refractivity contribution in [1.82, 2.24) is 0 Å². The Labute approximate surface area is 118 Å². The molecule has 0 radical (unpaired) electrons. The summed E-state index contributed by atoms with van der Waals surface area (Å²) in [5.41, 5.74) is 1.00. The number of halogens is 2. The Morgan fingerprint density at radius 1 is 1.12 bits per heavy atom. The van der Waals surface area contributed by atoms with Gasteiger partial charge >= 0.3 is 0 Å². The van der Waals surface area contributed by atoms with Crippen molar-refractivity contribution in [3.05, 3.63) is 63.6 Å². The van der Waals surface area contributed by atoms with E-state index in [1.807, 2.05) is 48.5 Å². The molecule has 0 atom stereocenters. The van der Waals surface area contributed by atoms with Crippen LogP contribution in [0.3, 0.4) is 0 Å². The number of benzene rings is 2. The molecule has 2 aromatic rings. The molecule has 0 aliphatic heterocycles. The van der Waals surface area contributed by atoms with Crippen LogP contribution < -0.4 is 0 Å². The average molecular weight is 327 g/mol. The lowest BCUT2D eigenvalue weighted by atomic mass is 10.2. The molecule has 4 heteroatoms. The molecule has 86 valence electrons. The summed E-state index contributed by atoms with van der Waals surface area (Å²) in [5.74, 6) is 0. The van der Waals surface area contributed by atoms with E-state index >= 15 is 0 Å². The van der Waals surface area contributed by atoms with Crippen LogP contribution in [0.25, 0.3) is 0 Å². The summed E-state index contributed by atoms with van der Waals surface area (Å²) in [6.07, 6.45) is 1.80. The van der Waals surface area contributed by atoms with Crippen LogP contribution in [-0.2, 0) is 0 Å². The molecule has 0 aromatic heterocycles. The van der Waals surface area contributed by atoms with Crippen molar-refractivity contribution in [2.24, 2.45) is 4.40 Å². The average Bonchev–Trinajstić information content (AvgIpc) is 2.32. The summed E-state index contributed by atoms with van der Waals surface area (Å²) >= 11 is 10.7. The normalized spacial score (nSPS) is 10.9. The summed E-state index contributed by atoms with van der Waals surface area (Å²) in [7, 11) is 0. The second-order valence-corrected chi connectivity index (χ2v) is 5.55. The zero-order valence-corrected chi connectivity index (χ0v) is 12.0. The van der Waals surface area contributed by atoms with Crippen LogP contribution in [0.4, 0.5) is 0 Å². The van der Waals surface area contributed by atoms with Gasteiger partial charge in [0.05, 0.1) is 0 Å². The van der Waals surface area contributed by atoms with Gasteiger partial charge in [0.1, 0.15) is 0 Å². The summed E-state index contributed by atoms with van der Waals surface area (Å²) in [6.45, 7) is 0. The van der Waals surface area contributed by atoms with Gasteiger partial charge in [-0.25, -0.2) is 4.40 Å². The highest BCUT2D eigenvalue weighted by Crippen LogP contribution is 2.21. The molecule has 0 heterocycles. The summed E-state index contributed by atoms with van der Waals surface area (Å²) in [6, 6.07) is 15.6.